The van der Waals surface area contributed by atoms with Crippen LogP contribution in [0.1, 0.15) is 18.4 Å². The van der Waals surface area contributed by atoms with Gasteiger partial charge in [-0.1, -0.05) is 58.1 Å². The summed E-state index contributed by atoms with van der Waals surface area (Å²) < 4.78 is 1.74. The average molecular weight is 556 g/mol. The molecular weight excluding hydrogens is 540 g/mol. The summed E-state index contributed by atoms with van der Waals surface area (Å²) in [6.45, 7) is 0.360. The lowest BCUT2D eigenvalue weighted by atomic mass is 10.2. The molecule has 150 valence electrons. The molecule has 0 aliphatic carbocycles. The van der Waals surface area contributed by atoms with Gasteiger partial charge >= 0.3 is 0 Å². The number of benzene rings is 2. The van der Waals surface area contributed by atoms with Gasteiger partial charge in [-0.25, -0.2) is 0 Å². The maximum atomic E-state index is 12.7. The monoisotopic (exact) mass is 554 g/mol. The molecule has 5 nitrogen and oxygen atoms in total. The first-order valence-electron chi connectivity index (χ1n) is 8.63. The lowest BCUT2D eigenvalue weighted by Crippen LogP contribution is -2.29. The molecule has 0 bridgehead atoms. The topological polar surface area (TPSA) is 69.6 Å². The normalized spacial score (nSPS) is 15.2. The van der Waals surface area contributed by atoms with Gasteiger partial charge in [-0.05, 0) is 52.7 Å². The van der Waals surface area contributed by atoms with E-state index >= 15 is 0 Å². The number of para-hydroxylation sites is 1. The van der Waals surface area contributed by atoms with Crippen molar-refractivity contribution in [2.45, 2.75) is 12.8 Å². The minimum absolute atomic E-state index is 0.0519. The second kappa shape index (κ2) is 9.88. The van der Waals surface area contributed by atoms with Crippen LogP contribution in [0.2, 0.25) is 0 Å². The molecule has 3 rings (SSSR count). The molecular formula is C20H16Br2N2O3S2. The zero-order valence-corrected chi connectivity index (χ0v) is 19.8. The number of carbonyl (C=O) groups excluding carboxylic acids is 2. The molecule has 0 saturated carbocycles. The first kappa shape index (κ1) is 22.0. The molecule has 1 aliphatic rings. The van der Waals surface area contributed by atoms with Crippen molar-refractivity contribution in [1.29, 1.82) is 0 Å². The number of anilines is 1. The molecule has 0 unspecified atom stereocenters. The zero-order chi connectivity index (χ0) is 21.0. The molecule has 1 fully saturated rings. The molecule has 2 aromatic rings. The highest BCUT2D eigenvalue weighted by Crippen LogP contribution is 2.37. The summed E-state index contributed by atoms with van der Waals surface area (Å²) >= 11 is 13.2. The number of carbonyl (C=O) groups is 2. The molecule has 2 amide bonds. The summed E-state index contributed by atoms with van der Waals surface area (Å²) in [7, 11) is 0. The maximum Gasteiger partial charge on any atom is 0.266 e. The second-order valence-electron chi connectivity index (χ2n) is 6.18. The number of phenolic OH excluding ortho intramolecular Hbond substituents is 1. The van der Waals surface area contributed by atoms with Crippen molar-refractivity contribution in [3.05, 3.63) is 61.9 Å². The number of nitrogens with one attached hydrogen (secondary N) is 1. The summed E-state index contributed by atoms with van der Waals surface area (Å²) in [4.78, 5) is 26.7. The lowest BCUT2D eigenvalue weighted by Gasteiger charge is -2.14. The predicted molar refractivity (Wildman–Crippen MR) is 128 cm³/mol. The molecule has 0 spiro atoms. The highest BCUT2D eigenvalue weighted by molar-refractivity contribution is 9.11. The summed E-state index contributed by atoms with van der Waals surface area (Å²) in [5.41, 5.74) is 1.25. The third-order valence-corrected chi connectivity index (χ3v) is 6.50. The Hall–Kier alpha value is -1.68. The van der Waals surface area contributed by atoms with Crippen LogP contribution < -0.4 is 5.32 Å². The quantitative estimate of drug-likeness (QED) is 0.362. The highest BCUT2D eigenvalue weighted by atomic mass is 79.9. The van der Waals surface area contributed by atoms with E-state index in [4.69, 9.17) is 12.2 Å². The minimum atomic E-state index is -0.223. The Morgan fingerprint density at radius 1 is 1.24 bits per heavy atom. The van der Waals surface area contributed by atoms with E-state index in [2.05, 4.69) is 37.2 Å². The summed E-state index contributed by atoms with van der Waals surface area (Å²) in [6, 6.07) is 12.7. The number of halogens is 2. The van der Waals surface area contributed by atoms with Gasteiger partial charge in [0, 0.05) is 28.7 Å². The Kier molecular flexibility index (Phi) is 7.50. The maximum absolute atomic E-state index is 12.7. The van der Waals surface area contributed by atoms with E-state index < -0.39 is 0 Å². The molecule has 0 radical (unpaired) electrons. The Bertz CT molecular complexity index is 997. The number of hydrogen-bond donors (Lipinski definition) is 2. The van der Waals surface area contributed by atoms with E-state index in [-0.39, 0.29) is 24.0 Å². The lowest BCUT2D eigenvalue weighted by molar-refractivity contribution is -0.122. The minimum Gasteiger partial charge on any atom is -0.506 e. The van der Waals surface area contributed by atoms with E-state index in [0.717, 1.165) is 10.2 Å². The van der Waals surface area contributed by atoms with Crippen molar-refractivity contribution in [2.24, 2.45) is 0 Å². The molecule has 29 heavy (non-hydrogen) atoms. The molecule has 0 aromatic heterocycles. The number of phenols is 1. The van der Waals surface area contributed by atoms with Crippen LogP contribution in [0.5, 0.6) is 5.75 Å². The van der Waals surface area contributed by atoms with Crippen LogP contribution in [0.25, 0.3) is 6.08 Å². The number of thioether (sulfide) groups is 1. The fourth-order valence-corrected chi connectivity index (χ4v) is 5.23. The fourth-order valence-electron chi connectivity index (χ4n) is 2.67. The molecule has 1 heterocycles. The number of aromatic hydroxyl groups is 1. The van der Waals surface area contributed by atoms with E-state index in [1.54, 1.807) is 18.2 Å². The third kappa shape index (κ3) is 5.69. The van der Waals surface area contributed by atoms with Gasteiger partial charge in [0.1, 0.15) is 10.1 Å². The van der Waals surface area contributed by atoms with E-state index in [0.29, 0.717) is 32.2 Å². The highest BCUT2D eigenvalue weighted by Gasteiger charge is 2.32. The Balaban J connectivity index is 1.60. The zero-order valence-electron chi connectivity index (χ0n) is 15.0. The van der Waals surface area contributed by atoms with Gasteiger partial charge in [0.25, 0.3) is 5.91 Å². The van der Waals surface area contributed by atoms with Crippen molar-refractivity contribution in [3.8, 4) is 5.75 Å². The number of nitrogens with zero attached hydrogens (tertiary/aromatic N) is 1. The predicted octanol–water partition coefficient (Wildman–Crippen LogP) is 5.54. The summed E-state index contributed by atoms with van der Waals surface area (Å²) in [5.74, 6) is -0.281. The van der Waals surface area contributed by atoms with E-state index in [9.17, 15) is 14.7 Å². The van der Waals surface area contributed by atoms with Crippen LogP contribution >= 0.6 is 55.8 Å². The van der Waals surface area contributed by atoms with Gasteiger partial charge in [-0.15, -0.1) is 0 Å². The van der Waals surface area contributed by atoms with E-state index in [1.165, 1.54) is 16.7 Å². The second-order valence-corrected chi connectivity index (χ2v) is 9.62. The number of thiocarbonyl (C=S) groups is 1. The Morgan fingerprint density at radius 2 is 1.97 bits per heavy atom. The Labute approximate surface area is 194 Å². The van der Waals surface area contributed by atoms with Crippen molar-refractivity contribution in [1.82, 2.24) is 4.90 Å². The van der Waals surface area contributed by atoms with Gasteiger partial charge in [0.15, 0.2) is 0 Å². The number of amides is 2. The molecule has 2 aromatic carbocycles. The molecule has 2 N–H and O–H groups in total. The van der Waals surface area contributed by atoms with Crippen LogP contribution in [-0.4, -0.2) is 32.7 Å². The molecule has 0 atom stereocenters. The summed E-state index contributed by atoms with van der Waals surface area (Å²) in [6.07, 6.45) is 2.39. The van der Waals surface area contributed by atoms with Crippen LogP contribution in [-0.2, 0) is 9.59 Å². The van der Waals surface area contributed by atoms with Crippen LogP contribution in [0.15, 0.2) is 56.3 Å². The van der Waals surface area contributed by atoms with Crippen molar-refractivity contribution >= 4 is 83.7 Å². The first-order chi connectivity index (χ1) is 13.8. The van der Waals surface area contributed by atoms with Gasteiger partial charge in [-0.2, -0.15) is 0 Å². The van der Waals surface area contributed by atoms with Crippen LogP contribution in [0, 0.1) is 0 Å². The standard InChI is InChI=1S/C20H16Br2N2O3S2/c21-13-9-12(18(26)15(22)11-13)10-16-19(27)24(20(28)29-16)8-4-7-17(25)23-14-5-2-1-3-6-14/h1-3,5-6,9-11,26H,4,7-8H2,(H,23,25)/b16-10-. The molecule has 9 heteroatoms. The largest absolute Gasteiger partial charge is 0.506 e. The van der Waals surface area contributed by atoms with Crippen molar-refractivity contribution in [2.75, 3.05) is 11.9 Å². The SMILES string of the molecule is O=C(CCCN1C(=O)/C(=C/c2cc(Br)cc(Br)c2O)SC1=S)Nc1ccccc1. The van der Waals surface area contributed by atoms with Gasteiger partial charge in [0.2, 0.25) is 5.91 Å². The van der Waals surface area contributed by atoms with E-state index in [1.807, 2.05) is 30.3 Å². The number of rotatable bonds is 6. The molecule has 1 aliphatic heterocycles. The van der Waals surface area contributed by atoms with Crippen LogP contribution in [0.4, 0.5) is 5.69 Å². The van der Waals surface area contributed by atoms with Crippen LogP contribution in [0.3, 0.4) is 0 Å². The van der Waals surface area contributed by atoms with Gasteiger partial charge in [0.05, 0.1) is 9.38 Å². The molecule has 1 saturated heterocycles. The third-order valence-electron chi connectivity index (χ3n) is 4.06. The first-order valence-corrected chi connectivity index (χ1v) is 11.4. The number of hydrogen-bond acceptors (Lipinski definition) is 5. The van der Waals surface area contributed by atoms with Gasteiger partial charge in [-0.3, -0.25) is 14.5 Å². The average Bonchev–Trinajstić information content (AvgIpc) is 2.94. The van der Waals surface area contributed by atoms with Crippen molar-refractivity contribution in [3.63, 3.8) is 0 Å². The van der Waals surface area contributed by atoms with Crippen molar-refractivity contribution < 1.29 is 14.7 Å². The fraction of sp³-hybridized carbons (Fsp3) is 0.150. The Morgan fingerprint density at radius 3 is 2.69 bits per heavy atom. The smallest absolute Gasteiger partial charge is 0.266 e. The summed E-state index contributed by atoms with van der Waals surface area (Å²) in [5, 5.41) is 13.0. The van der Waals surface area contributed by atoms with Gasteiger partial charge < -0.3 is 10.4 Å².